The molecule has 0 aliphatic rings. The van der Waals surface area contributed by atoms with E-state index in [1.165, 1.54) is 0 Å². The van der Waals surface area contributed by atoms with E-state index in [9.17, 15) is 0 Å². The largest absolute Gasteiger partial charge is 0.474 e. The topological polar surface area (TPSA) is 61.3 Å². The number of para-hydroxylation sites is 1. The zero-order valence-electron chi connectivity index (χ0n) is 7.77. The van der Waals surface area contributed by atoms with Crippen molar-refractivity contribution >= 4 is 35.0 Å². The van der Waals surface area contributed by atoms with E-state index in [-0.39, 0.29) is 12.4 Å². The molecule has 15 heavy (non-hydrogen) atoms. The van der Waals surface area contributed by atoms with Crippen LogP contribution in [0.3, 0.4) is 0 Å². The van der Waals surface area contributed by atoms with E-state index in [4.69, 9.17) is 26.6 Å². The van der Waals surface area contributed by atoms with Crippen molar-refractivity contribution in [2.75, 3.05) is 13.2 Å². The lowest BCUT2D eigenvalue weighted by atomic mass is 10.2. The first-order valence-corrected chi connectivity index (χ1v) is 4.57. The Morgan fingerprint density at radius 1 is 1.47 bits per heavy atom. The number of rotatable bonds is 3. The van der Waals surface area contributed by atoms with Crippen LogP contribution in [0.5, 0.6) is 5.88 Å². The highest BCUT2D eigenvalue weighted by Gasteiger charge is 2.10. The minimum atomic E-state index is 0. The van der Waals surface area contributed by atoms with Gasteiger partial charge in [0.15, 0.2) is 5.58 Å². The first-order valence-electron chi connectivity index (χ1n) is 4.19. The molecule has 0 saturated carbocycles. The van der Waals surface area contributed by atoms with Crippen molar-refractivity contribution in [1.82, 2.24) is 5.16 Å². The molecular formula is C9H10Cl2N2O2. The third kappa shape index (κ3) is 2.34. The van der Waals surface area contributed by atoms with Gasteiger partial charge in [-0.25, -0.2) is 0 Å². The lowest BCUT2D eigenvalue weighted by Gasteiger charge is -1.98. The minimum absolute atomic E-state index is 0. The molecule has 4 nitrogen and oxygen atoms in total. The number of halogens is 2. The zero-order chi connectivity index (χ0) is 9.97. The molecule has 0 aliphatic heterocycles. The summed E-state index contributed by atoms with van der Waals surface area (Å²) in [5.41, 5.74) is 5.85. The average molecular weight is 249 g/mol. The molecule has 82 valence electrons. The van der Waals surface area contributed by atoms with E-state index in [1.54, 1.807) is 6.07 Å². The zero-order valence-corrected chi connectivity index (χ0v) is 9.35. The van der Waals surface area contributed by atoms with Crippen LogP contribution in [0.15, 0.2) is 22.7 Å². The predicted molar refractivity (Wildman–Crippen MR) is 60.8 cm³/mol. The number of ether oxygens (including phenoxy) is 1. The number of benzene rings is 1. The van der Waals surface area contributed by atoms with Gasteiger partial charge in [0.2, 0.25) is 0 Å². The molecule has 0 amide bonds. The Labute approximate surface area is 97.7 Å². The van der Waals surface area contributed by atoms with Gasteiger partial charge in [0.1, 0.15) is 6.61 Å². The third-order valence-electron chi connectivity index (χ3n) is 1.77. The summed E-state index contributed by atoms with van der Waals surface area (Å²) < 4.78 is 10.3. The molecule has 2 rings (SSSR count). The van der Waals surface area contributed by atoms with Crippen LogP contribution < -0.4 is 10.5 Å². The smallest absolute Gasteiger partial charge is 0.262 e. The Bertz CT molecular complexity index is 445. The molecule has 0 fully saturated rings. The van der Waals surface area contributed by atoms with Crippen molar-refractivity contribution in [2.24, 2.45) is 5.73 Å². The third-order valence-corrected chi connectivity index (χ3v) is 2.07. The van der Waals surface area contributed by atoms with E-state index in [0.29, 0.717) is 29.6 Å². The molecular weight excluding hydrogens is 239 g/mol. The summed E-state index contributed by atoms with van der Waals surface area (Å²) in [7, 11) is 0. The number of nitrogens with zero attached hydrogens (tertiary/aromatic N) is 1. The van der Waals surface area contributed by atoms with Crippen molar-refractivity contribution in [3.05, 3.63) is 23.2 Å². The molecule has 0 unspecified atom stereocenters. The van der Waals surface area contributed by atoms with E-state index < -0.39 is 0 Å². The number of nitrogens with two attached hydrogens (primary N) is 1. The maximum Gasteiger partial charge on any atom is 0.262 e. The first-order chi connectivity index (χ1) is 6.83. The molecule has 0 radical (unpaired) electrons. The quantitative estimate of drug-likeness (QED) is 0.906. The molecule has 1 aromatic heterocycles. The Morgan fingerprint density at radius 2 is 2.27 bits per heavy atom. The SMILES string of the molecule is Cl.NCCOc1noc2c(Cl)cccc12. The number of hydrogen-bond donors (Lipinski definition) is 1. The highest BCUT2D eigenvalue weighted by atomic mass is 35.5. The van der Waals surface area contributed by atoms with Gasteiger partial charge in [0.05, 0.1) is 10.4 Å². The molecule has 1 heterocycles. The van der Waals surface area contributed by atoms with E-state index in [0.717, 1.165) is 5.39 Å². The second kappa shape index (κ2) is 5.21. The van der Waals surface area contributed by atoms with Gasteiger partial charge in [0, 0.05) is 6.54 Å². The normalized spacial score (nSPS) is 10.0. The fourth-order valence-electron chi connectivity index (χ4n) is 1.17. The van der Waals surface area contributed by atoms with Gasteiger partial charge in [0.25, 0.3) is 5.88 Å². The summed E-state index contributed by atoms with van der Waals surface area (Å²) in [6.07, 6.45) is 0. The summed E-state index contributed by atoms with van der Waals surface area (Å²) in [6.45, 7) is 0.850. The van der Waals surface area contributed by atoms with Crippen LogP contribution in [0, 0.1) is 0 Å². The van der Waals surface area contributed by atoms with Crippen LogP contribution >= 0.6 is 24.0 Å². The Kier molecular flexibility index (Phi) is 4.20. The Hall–Kier alpha value is -0.970. The molecule has 0 spiro atoms. The second-order valence-electron chi connectivity index (χ2n) is 2.74. The number of hydrogen-bond acceptors (Lipinski definition) is 4. The van der Waals surface area contributed by atoms with Gasteiger partial charge < -0.3 is 15.0 Å². The van der Waals surface area contributed by atoms with Crippen LogP contribution in [0.25, 0.3) is 11.0 Å². The van der Waals surface area contributed by atoms with Crippen LogP contribution in [0.2, 0.25) is 5.02 Å². The molecule has 0 aliphatic carbocycles. The minimum Gasteiger partial charge on any atom is -0.474 e. The van der Waals surface area contributed by atoms with Gasteiger partial charge in [-0.05, 0) is 17.3 Å². The number of fused-ring (bicyclic) bond motifs is 1. The van der Waals surface area contributed by atoms with Crippen LogP contribution in [-0.4, -0.2) is 18.3 Å². The van der Waals surface area contributed by atoms with Crippen molar-refractivity contribution in [3.8, 4) is 5.88 Å². The van der Waals surface area contributed by atoms with Crippen molar-refractivity contribution in [1.29, 1.82) is 0 Å². The van der Waals surface area contributed by atoms with Gasteiger partial charge in [-0.2, -0.15) is 0 Å². The van der Waals surface area contributed by atoms with E-state index in [1.807, 2.05) is 12.1 Å². The van der Waals surface area contributed by atoms with Gasteiger partial charge in [-0.3, -0.25) is 0 Å². The molecule has 2 aromatic rings. The fraction of sp³-hybridized carbons (Fsp3) is 0.222. The standard InChI is InChI=1S/C9H9ClN2O2.ClH/c10-7-3-1-2-6-8(7)14-12-9(6)13-5-4-11;/h1-3H,4-5,11H2;1H. The summed E-state index contributed by atoms with van der Waals surface area (Å²) in [4.78, 5) is 0. The molecule has 1 aromatic carbocycles. The van der Waals surface area contributed by atoms with E-state index in [2.05, 4.69) is 5.16 Å². The summed E-state index contributed by atoms with van der Waals surface area (Å²) in [5.74, 6) is 0.438. The monoisotopic (exact) mass is 248 g/mol. The van der Waals surface area contributed by atoms with Gasteiger partial charge in [-0.15, -0.1) is 12.4 Å². The molecule has 0 bridgehead atoms. The average Bonchev–Trinajstić information content (AvgIpc) is 2.60. The van der Waals surface area contributed by atoms with E-state index >= 15 is 0 Å². The molecule has 0 saturated heterocycles. The maximum atomic E-state index is 5.89. The second-order valence-corrected chi connectivity index (χ2v) is 3.15. The van der Waals surface area contributed by atoms with Crippen molar-refractivity contribution < 1.29 is 9.26 Å². The summed E-state index contributed by atoms with van der Waals surface area (Å²) in [5, 5.41) is 5.05. The maximum absolute atomic E-state index is 5.89. The van der Waals surface area contributed by atoms with Crippen LogP contribution in [-0.2, 0) is 0 Å². The summed E-state index contributed by atoms with van der Waals surface area (Å²) in [6, 6.07) is 5.39. The Morgan fingerprint density at radius 3 is 3.00 bits per heavy atom. The molecule has 6 heteroatoms. The highest BCUT2D eigenvalue weighted by molar-refractivity contribution is 6.34. The lowest BCUT2D eigenvalue weighted by Crippen LogP contribution is -2.10. The van der Waals surface area contributed by atoms with Crippen LogP contribution in [0.1, 0.15) is 0 Å². The number of aromatic nitrogens is 1. The van der Waals surface area contributed by atoms with Crippen LogP contribution in [0.4, 0.5) is 0 Å². The molecule has 0 atom stereocenters. The van der Waals surface area contributed by atoms with Crippen molar-refractivity contribution in [2.45, 2.75) is 0 Å². The highest BCUT2D eigenvalue weighted by Crippen LogP contribution is 2.29. The van der Waals surface area contributed by atoms with Gasteiger partial charge >= 0.3 is 0 Å². The lowest BCUT2D eigenvalue weighted by molar-refractivity contribution is 0.293. The summed E-state index contributed by atoms with van der Waals surface area (Å²) >= 11 is 5.89. The van der Waals surface area contributed by atoms with Crippen molar-refractivity contribution in [3.63, 3.8) is 0 Å². The first kappa shape index (κ1) is 12.1. The Balaban J connectivity index is 0.00000112. The van der Waals surface area contributed by atoms with Gasteiger partial charge in [-0.1, -0.05) is 17.7 Å². The fourth-order valence-corrected chi connectivity index (χ4v) is 1.38. The molecule has 2 N–H and O–H groups in total. The predicted octanol–water partition coefficient (Wildman–Crippen LogP) is 2.24.